The zero-order chi connectivity index (χ0) is 10.6. The molecule has 14 heavy (non-hydrogen) atoms. The number of amides is 1. The Morgan fingerprint density at radius 1 is 1.71 bits per heavy atom. The molecule has 1 rings (SSSR count). The van der Waals surface area contributed by atoms with E-state index in [1.165, 1.54) is 0 Å². The highest BCUT2D eigenvalue weighted by molar-refractivity contribution is 5.90. The van der Waals surface area contributed by atoms with Crippen LogP contribution >= 0.6 is 0 Å². The van der Waals surface area contributed by atoms with Gasteiger partial charge in [0.15, 0.2) is 0 Å². The molecule has 5 heteroatoms. The van der Waals surface area contributed by atoms with Crippen LogP contribution in [0.1, 0.15) is 13.8 Å². The SMILES string of the molecule is CC(C)Cn1ccnc1NC(=O)CN. The summed E-state index contributed by atoms with van der Waals surface area (Å²) in [5.74, 6) is 0.855. The number of carbonyl (C=O) groups excluding carboxylic acids is 1. The molecule has 0 aliphatic heterocycles. The Balaban J connectivity index is 2.67. The van der Waals surface area contributed by atoms with E-state index in [1.54, 1.807) is 6.20 Å². The van der Waals surface area contributed by atoms with Gasteiger partial charge in [-0.1, -0.05) is 13.8 Å². The van der Waals surface area contributed by atoms with Crippen molar-refractivity contribution >= 4 is 11.9 Å². The number of rotatable bonds is 4. The average molecular weight is 196 g/mol. The molecular weight excluding hydrogens is 180 g/mol. The number of anilines is 1. The zero-order valence-corrected chi connectivity index (χ0v) is 8.53. The van der Waals surface area contributed by atoms with Crippen LogP contribution in [0.3, 0.4) is 0 Å². The van der Waals surface area contributed by atoms with E-state index in [0.717, 1.165) is 6.54 Å². The van der Waals surface area contributed by atoms with Gasteiger partial charge >= 0.3 is 0 Å². The third-order valence-corrected chi connectivity index (χ3v) is 1.71. The maximum Gasteiger partial charge on any atom is 0.240 e. The van der Waals surface area contributed by atoms with E-state index in [1.807, 2.05) is 10.8 Å². The molecule has 0 fully saturated rings. The molecule has 0 aromatic carbocycles. The van der Waals surface area contributed by atoms with E-state index in [4.69, 9.17) is 5.73 Å². The quantitative estimate of drug-likeness (QED) is 0.733. The monoisotopic (exact) mass is 196 g/mol. The van der Waals surface area contributed by atoms with Crippen LogP contribution in [-0.4, -0.2) is 22.0 Å². The van der Waals surface area contributed by atoms with E-state index in [0.29, 0.717) is 11.9 Å². The number of hydrogen-bond donors (Lipinski definition) is 2. The van der Waals surface area contributed by atoms with Gasteiger partial charge in [-0.15, -0.1) is 0 Å². The highest BCUT2D eigenvalue weighted by atomic mass is 16.2. The lowest BCUT2D eigenvalue weighted by Gasteiger charge is -2.10. The van der Waals surface area contributed by atoms with Crippen molar-refractivity contribution in [3.05, 3.63) is 12.4 Å². The predicted octanol–water partition coefficient (Wildman–Crippen LogP) is 0.436. The summed E-state index contributed by atoms with van der Waals surface area (Å²) >= 11 is 0. The lowest BCUT2D eigenvalue weighted by molar-refractivity contribution is -0.115. The van der Waals surface area contributed by atoms with Crippen LogP contribution in [-0.2, 0) is 11.3 Å². The Kier molecular flexibility index (Phi) is 3.64. The number of nitrogens with one attached hydrogen (secondary N) is 1. The van der Waals surface area contributed by atoms with Crippen molar-refractivity contribution in [2.45, 2.75) is 20.4 Å². The molecule has 0 radical (unpaired) electrons. The van der Waals surface area contributed by atoms with Gasteiger partial charge in [0.05, 0.1) is 6.54 Å². The molecule has 1 heterocycles. The third-order valence-electron chi connectivity index (χ3n) is 1.71. The topological polar surface area (TPSA) is 72.9 Å². The molecular formula is C9H16N4O. The second-order valence-corrected chi connectivity index (χ2v) is 3.55. The largest absolute Gasteiger partial charge is 0.322 e. The first-order valence-corrected chi connectivity index (χ1v) is 4.64. The molecule has 0 bridgehead atoms. The van der Waals surface area contributed by atoms with Gasteiger partial charge in [0.2, 0.25) is 11.9 Å². The summed E-state index contributed by atoms with van der Waals surface area (Å²) in [5.41, 5.74) is 5.19. The van der Waals surface area contributed by atoms with Crippen molar-refractivity contribution in [3.8, 4) is 0 Å². The summed E-state index contributed by atoms with van der Waals surface area (Å²) < 4.78 is 1.90. The molecule has 0 aliphatic carbocycles. The zero-order valence-electron chi connectivity index (χ0n) is 8.53. The van der Waals surface area contributed by atoms with Gasteiger partial charge in [0, 0.05) is 18.9 Å². The molecule has 0 atom stereocenters. The van der Waals surface area contributed by atoms with Crippen molar-refractivity contribution in [3.63, 3.8) is 0 Å². The molecule has 0 spiro atoms. The van der Waals surface area contributed by atoms with Gasteiger partial charge in [-0.05, 0) is 5.92 Å². The van der Waals surface area contributed by atoms with Crippen LogP contribution in [0, 0.1) is 5.92 Å². The Bertz CT molecular complexity index is 306. The van der Waals surface area contributed by atoms with Crippen LogP contribution < -0.4 is 11.1 Å². The highest BCUT2D eigenvalue weighted by Crippen LogP contribution is 2.07. The number of imidazole rings is 1. The van der Waals surface area contributed by atoms with Crippen molar-refractivity contribution in [2.75, 3.05) is 11.9 Å². The molecule has 0 saturated heterocycles. The maximum atomic E-state index is 11.0. The van der Waals surface area contributed by atoms with Gasteiger partial charge in [-0.25, -0.2) is 4.98 Å². The number of carbonyl (C=O) groups is 1. The van der Waals surface area contributed by atoms with Gasteiger partial charge in [-0.3, -0.25) is 10.1 Å². The summed E-state index contributed by atoms with van der Waals surface area (Å²) in [5, 5.41) is 2.63. The number of nitrogens with zero attached hydrogens (tertiary/aromatic N) is 2. The van der Waals surface area contributed by atoms with E-state index in [9.17, 15) is 4.79 Å². The fourth-order valence-electron chi connectivity index (χ4n) is 1.15. The predicted molar refractivity (Wildman–Crippen MR) is 54.7 cm³/mol. The number of nitrogens with two attached hydrogens (primary N) is 1. The van der Waals surface area contributed by atoms with Crippen molar-refractivity contribution in [2.24, 2.45) is 11.7 Å². The molecule has 1 aromatic heterocycles. The van der Waals surface area contributed by atoms with Crippen LogP contribution in [0.25, 0.3) is 0 Å². The molecule has 78 valence electrons. The van der Waals surface area contributed by atoms with Crippen LogP contribution in [0.2, 0.25) is 0 Å². The smallest absolute Gasteiger partial charge is 0.240 e. The minimum absolute atomic E-state index is 0.0193. The Labute approximate surface area is 83.3 Å². The van der Waals surface area contributed by atoms with Crippen molar-refractivity contribution < 1.29 is 4.79 Å². The Morgan fingerprint density at radius 3 is 3.00 bits per heavy atom. The van der Waals surface area contributed by atoms with E-state index in [2.05, 4.69) is 24.1 Å². The normalized spacial score (nSPS) is 10.6. The number of hydrogen-bond acceptors (Lipinski definition) is 3. The van der Waals surface area contributed by atoms with E-state index in [-0.39, 0.29) is 12.5 Å². The highest BCUT2D eigenvalue weighted by Gasteiger charge is 2.06. The Morgan fingerprint density at radius 2 is 2.43 bits per heavy atom. The first-order chi connectivity index (χ1) is 6.63. The minimum atomic E-state index is -0.221. The molecule has 0 aliphatic rings. The Hall–Kier alpha value is -1.36. The lowest BCUT2D eigenvalue weighted by atomic mass is 10.2. The molecule has 0 saturated carbocycles. The first kappa shape index (κ1) is 10.7. The summed E-state index contributed by atoms with van der Waals surface area (Å²) in [6.45, 7) is 5.03. The van der Waals surface area contributed by atoms with E-state index >= 15 is 0 Å². The fourth-order valence-corrected chi connectivity index (χ4v) is 1.15. The van der Waals surface area contributed by atoms with Crippen molar-refractivity contribution in [1.29, 1.82) is 0 Å². The minimum Gasteiger partial charge on any atom is -0.322 e. The van der Waals surface area contributed by atoms with Gasteiger partial charge in [0.25, 0.3) is 0 Å². The average Bonchev–Trinajstić information content (AvgIpc) is 2.52. The van der Waals surface area contributed by atoms with Gasteiger partial charge in [-0.2, -0.15) is 0 Å². The summed E-state index contributed by atoms with van der Waals surface area (Å²) in [7, 11) is 0. The van der Waals surface area contributed by atoms with Crippen LogP contribution in [0.4, 0.5) is 5.95 Å². The van der Waals surface area contributed by atoms with Crippen LogP contribution in [0.5, 0.6) is 0 Å². The molecule has 3 N–H and O–H groups in total. The second-order valence-electron chi connectivity index (χ2n) is 3.55. The second kappa shape index (κ2) is 4.76. The molecule has 1 amide bonds. The molecule has 0 unspecified atom stereocenters. The molecule has 1 aromatic rings. The molecule has 5 nitrogen and oxygen atoms in total. The fraction of sp³-hybridized carbons (Fsp3) is 0.556. The summed E-state index contributed by atoms with van der Waals surface area (Å²) in [6, 6.07) is 0. The first-order valence-electron chi connectivity index (χ1n) is 4.64. The van der Waals surface area contributed by atoms with E-state index < -0.39 is 0 Å². The van der Waals surface area contributed by atoms with Crippen LogP contribution in [0.15, 0.2) is 12.4 Å². The number of aromatic nitrogens is 2. The standard InChI is InChI=1S/C9H16N4O/c1-7(2)6-13-4-3-11-9(13)12-8(14)5-10/h3-4,7H,5-6,10H2,1-2H3,(H,11,12,14). The summed E-state index contributed by atoms with van der Waals surface area (Å²) in [4.78, 5) is 15.1. The third kappa shape index (κ3) is 2.85. The maximum absolute atomic E-state index is 11.0. The van der Waals surface area contributed by atoms with Gasteiger partial charge < -0.3 is 10.3 Å². The lowest BCUT2D eigenvalue weighted by Crippen LogP contribution is -2.24. The van der Waals surface area contributed by atoms with Gasteiger partial charge in [0.1, 0.15) is 0 Å². The van der Waals surface area contributed by atoms with Crippen molar-refractivity contribution in [1.82, 2.24) is 9.55 Å². The summed E-state index contributed by atoms with van der Waals surface area (Å²) in [6.07, 6.45) is 3.50.